The van der Waals surface area contributed by atoms with Crippen LogP contribution in [0.5, 0.6) is 0 Å². The molecular weight excluding hydrogens is 506 g/mol. The summed E-state index contributed by atoms with van der Waals surface area (Å²) in [5.41, 5.74) is 4.16. The second-order valence-electron chi connectivity index (χ2n) is 8.72. The van der Waals surface area contributed by atoms with Crippen LogP contribution in [-0.4, -0.2) is 30.3 Å². The number of rotatable bonds is 8. The summed E-state index contributed by atoms with van der Waals surface area (Å²) in [6.07, 6.45) is 0.698. The Balaban J connectivity index is 1.45. The zero-order valence-electron chi connectivity index (χ0n) is 21.1. The highest BCUT2D eigenvalue weighted by Crippen LogP contribution is 2.30. The van der Waals surface area contributed by atoms with E-state index in [1.807, 2.05) is 39.0 Å². The molecule has 3 aromatic carbocycles. The molecule has 1 aliphatic heterocycles. The van der Waals surface area contributed by atoms with Crippen LogP contribution < -0.4 is 15.5 Å². The van der Waals surface area contributed by atoms with E-state index in [9.17, 15) is 19.2 Å². The molecule has 0 radical (unpaired) electrons. The van der Waals surface area contributed by atoms with Crippen LogP contribution in [0.25, 0.3) is 0 Å². The first-order chi connectivity index (χ1) is 18.2. The Hall–Kier alpha value is -4.43. The first-order valence-corrected chi connectivity index (χ1v) is 12.4. The van der Waals surface area contributed by atoms with Gasteiger partial charge in [-0.3, -0.25) is 14.4 Å². The Labute approximate surface area is 225 Å². The van der Waals surface area contributed by atoms with Crippen molar-refractivity contribution in [2.24, 2.45) is 0 Å². The van der Waals surface area contributed by atoms with Gasteiger partial charge in [0, 0.05) is 16.9 Å². The standard InChI is InChI=1S/C29H26ClN3O5/c1-4-16-38-29(37)20-10-14-22(15-11-20)33-27(35)24(30)25(28(33)36)31-21-12-8-19(9-13-21)26(34)32-23-7-5-6-17(2)18(23)3/h5-15,31H,4,16H2,1-3H3,(H,32,34). The van der Waals surface area contributed by atoms with Gasteiger partial charge in [-0.05, 0) is 86.0 Å². The van der Waals surface area contributed by atoms with Gasteiger partial charge in [-0.15, -0.1) is 0 Å². The van der Waals surface area contributed by atoms with Crippen LogP contribution >= 0.6 is 11.6 Å². The Kier molecular flexibility index (Phi) is 7.93. The van der Waals surface area contributed by atoms with Crippen LogP contribution in [-0.2, 0) is 14.3 Å². The summed E-state index contributed by atoms with van der Waals surface area (Å²) in [7, 11) is 0. The van der Waals surface area contributed by atoms with Crippen molar-refractivity contribution in [1.29, 1.82) is 0 Å². The van der Waals surface area contributed by atoms with Crippen LogP contribution in [0.15, 0.2) is 77.5 Å². The second kappa shape index (κ2) is 11.3. The maximum atomic E-state index is 13.1. The zero-order valence-corrected chi connectivity index (χ0v) is 21.9. The van der Waals surface area contributed by atoms with Crippen LogP contribution in [0.3, 0.4) is 0 Å². The van der Waals surface area contributed by atoms with Crippen LogP contribution in [0, 0.1) is 13.8 Å². The molecule has 0 saturated heterocycles. The quantitative estimate of drug-likeness (QED) is 0.291. The number of esters is 1. The number of hydrogen-bond acceptors (Lipinski definition) is 6. The zero-order chi connectivity index (χ0) is 27.4. The van der Waals surface area contributed by atoms with Crippen molar-refractivity contribution in [3.05, 3.63) is 99.7 Å². The fourth-order valence-electron chi connectivity index (χ4n) is 3.80. The van der Waals surface area contributed by atoms with E-state index in [0.717, 1.165) is 21.7 Å². The molecule has 0 unspecified atom stereocenters. The number of nitrogens with zero attached hydrogens (tertiary/aromatic N) is 1. The van der Waals surface area contributed by atoms with Crippen molar-refractivity contribution in [3.63, 3.8) is 0 Å². The minimum atomic E-state index is -0.690. The van der Waals surface area contributed by atoms with Crippen molar-refractivity contribution < 1.29 is 23.9 Å². The van der Waals surface area contributed by atoms with Crippen LogP contribution in [0.4, 0.5) is 17.1 Å². The largest absolute Gasteiger partial charge is 0.462 e. The van der Waals surface area contributed by atoms with E-state index in [1.54, 1.807) is 24.3 Å². The number of hydrogen-bond donors (Lipinski definition) is 2. The fraction of sp³-hybridized carbons (Fsp3) is 0.172. The number of halogens is 1. The predicted molar refractivity (Wildman–Crippen MR) is 146 cm³/mol. The number of anilines is 3. The number of carbonyl (C=O) groups excluding carboxylic acids is 4. The summed E-state index contributed by atoms with van der Waals surface area (Å²) in [6.45, 7) is 6.10. The number of nitrogens with one attached hydrogen (secondary N) is 2. The van der Waals surface area contributed by atoms with Crippen molar-refractivity contribution in [1.82, 2.24) is 0 Å². The van der Waals surface area contributed by atoms with E-state index in [2.05, 4.69) is 10.6 Å². The van der Waals surface area contributed by atoms with Gasteiger partial charge in [0.2, 0.25) is 0 Å². The molecule has 8 nitrogen and oxygen atoms in total. The summed E-state index contributed by atoms with van der Waals surface area (Å²) in [5, 5.41) is 5.52. The maximum Gasteiger partial charge on any atom is 0.338 e. The van der Waals surface area contributed by atoms with Crippen molar-refractivity contribution in [2.75, 3.05) is 22.1 Å². The van der Waals surface area contributed by atoms with E-state index in [4.69, 9.17) is 16.3 Å². The molecular formula is C29H26ClN3O5. The van der Waals surface area contributed by atoms with Crippen molar-refractivity contribution in [2.45, 2.75) is 27.2 Å². The van der Waals surface area contributed by atoms with Gasteiger partial charge in [-0.25, -0.2) is 9.69 Å². The Morgan fingerprint density at radius 1 is 0.895 bits per heavy atom. The Morgan fingerprint density at radius 2 is 1.55 bits per heavy atom. The number of aryl methyl sites for hydroxylation is 1. The Bertz CT molecular complexity index is 1450. The predicted octanol–water partition coefficient (Wildman–Crippen LogP) is 5.56. The lowest BCUT2D eigenvalue weighted by atomic mass is 10.1. The van der Waals surface area contributed by atoms with E-state index < -0.39 is 17.8 Å². The molecule has 9 heteroatoms. The monoisotopic (exact) mass is 531 g/mol. The van der Waals surface area contributed by atoms with Gasteiger partial charge in [-0.1, -0.05) is 30.7 Å². The molecule has 2 N–H and O–H groups in total. The summed E-state index contributed by atoms with van der Waals surface area (Å²) < 4.78 is 5.10. The lowest BCUT2D eigenvalue weighted by Crippen LogP contribution is -2.32. The van der Waals surface area contributed by atoms with Gasteiger partial charge in [-0.2, -0.15) is 0 Å². The molecule has 1 heterocycles. The van der Waals surface area contributed by atoms with E-state index >= 15 is 0 Å². The molecule has 4 rings (SSSR count). The minimum absolute atomic E-state index is 0.0873. The molecule has 38 heavy (non-hydrogen) atoms. The van der Waals surface area contributed by atoms with Crippen LogP contribution in [0.1, 0.15) is 45.2 Å². The molecule has 194 valence electrons. The third-order valence-corrected chi connectivity index (χ3v) is 6.45. The highest BCUT2D eigenvalue weighted by Gasteiger charge is 2.39. The lowest BCUT2D eigenvalue weighted by molar-refractivity contribution is -0.120. The topological polar surface area (TPSA) is 105 Å². The van der Waals surface area contributed by atoms with E-state index in [-0.39, 0.29) is 22.3 Å². The third kappa shape index (κ3) is 5.45. The summed E-state index contributed by atoms with van der Waals surface area (Å²) in [4.78, 5) is 51.5. The fourth-order valence-corrected chi connectivity index (χ4v) is 4.01. The number of benzene rings is 3. The number of amides is 3. The molecule has 3 amide bonds. The van der Waals surface area contributed by atoms with Gasteiger partial charge in [0.25, 0.3) is 17.7 Å². The smallest absolute Gasteiger partial charge is 0.338 e. The van der Waals surface area contributed by atoms with Gasteiger partial charge < -0.3 is 15.4 Å². The number of ether oxygens (including phenoxy) is 1. The van der Waals surface area contributed by atoms with Crippen molar-refractivity contribution in [3.8, 4) is 0 Å². The molecule has 0 spiro atoms. The molecule has 0 atom stereocenters. The third-order valence-electron chi connectivity index (χ3n) is 6.10. The first kappa shape index (κ1) is 26.6. The van der Waals surface area contributed by atoms with Gasteiger partial charge in [0.15, 0.2) is 0 Å². The maximum absolute atomic E-state index is 13.1. The van der Waals surface area contributed by atoms with Crippen LogP contribution in [0.2, 0.25) is 0 Å². The number of imide groups is 1. The lowest BCUT2D eigenvalue weighted by Gasteiger charge is -2.15. The molecule has 0 aromatic heterocycles. The molecule has 0 saturated carbocycles. The highest BCUT2D eigenvalue weighted by molar-refractivity contribution is 6.53. The average Bonchev–Trinajstić information content (AvgIpc) is 3.13. The van der Waals surface area contributed by atoms with E-state index in [1.165, 1.54) is 24.3 Å². The minimum Gasteiger partial charge on any atom is -0.462 e. The van der Waals surface area contributed by atoms with Gasteiger partial charge in [0.05, 0.1) is 17.9 Å². The molecule has 1 aliphatic rings. The van der Waals surface area contributed by atoms with Gasteiger partial charge >= 0.3 is 5.97 Å². The molecule has 0 bridgehead atoms. The van der Waals surface area contributed by atoms with Crippen molar-refractivity contribution >= 4 is 52.4 Å². The molecule has 0 aliphatic carbocycles. The average molecular weight is 532 g/mol. The summed E-state index contributed by atoms with van der Waals surface area (Å²) in [6, 6.07) is 18.1. The Morgan fingerprint density at radius 3 is 2.21 bits per heavy atom. The molecule has 0 fully saturated rings. The van der Waals surface area contributed by atoms with E-state index in [0.29, 0.717) is 29.8 Å². The number of carbonyl (C=O) groups is 4. The summed E-state index contributed by atoms with van der Waals surface area (Å²) >= 11 is 6.22. The van der Waals surface area contributed by atoms with Gasteiger partial charge in [0.1, 0.15) is 10.7 Å². The highest BCUT2D eigenvalue weighted by atomic mass is 35.5. The second-order valence-corrected chi connectivity index (χ2v) is 9.10. The normalized spacial score (nSPS) is 13.1. The SMILES string of the molecule is CCCOC(=O)c1ccc(N2C(=O)C(Cl)=C(Nc3ccc(C(=O)Nc4cccc(C)c4C)cc3)C2=O)cc1. The first-order valence-electron chi connectivity index (χ1n) is 12.0. The summed E-state index contributed by atoms with van der Waals surface area (Å²) in [5.74, 6) is -2.09. The molecule has 3 aromatic rings.